The number of rotatable bonds is 2. The van der Waals surface area contributed by atoms with Gasteiger partial charge in [-0.2, -0.15) is 0 Å². The van der Waals surface area contributed by atoms with E-state index >= 15 is 0 Å². The van der Waals surface area contributed by atoms with E-state index in [1.807, 2.05) is 6.92 Å². The van der Waals surface area contributed by atoms with Gasteiger partial charge in [-0.25, -0.2) is 4.79 Å². The van der Waals surface area contributed by atoms with Gasteiger partial charge >= 0.3 is 6.03 Å². The zero-order chi connectivity index (χ0) is 8.81. The fourth-order valence-corrected chi connectivity index (χ4v) is 1.37. The average molecular weight is 171 g/mol. The van der Waals surface area contributed by atoms with Crippen LogP contribution in [0.2, 0.25) is 0 Å². The molecule has 1 rings (SSSR count). The Balaban J connectivity index is 2.15. The molecule has 0 spiro atoms. The van der Waals surface area contributed by atoms with Gasteiger partial charge in [-0.3, -0.25) is 0 Å². The Hall–Kier alpha value is -0.770. The Labute approximate surface area is 73.1 Å². The molecule has 0 radical (unpaired) electrons. The molecule has 4 nitrogen and oxygen atoms in total. The first-order valence-corrected chi connectivity index (χ1v) is 4.58. The Morgan fingerprint density at radius 1 is 1.67 bits per heavy atom. The third kappa shape index (κ3) is 3.09. The number of hydrogen-bond donors (Lipinski definition) is 3. The second-order valence-corrected chi connectivity index (χ2v) is 3.05. The molecule has 1 aliphatic rings. The minimum Gasteiger partial charge on any atom is -0.338 e. The predicted molar refractivity (Wildman–Crippen MR) is 48.1 cm³/mol. The lowest BCUT2D eigenvalue weighted by Gasteiger charge is -2.23. The van der Waals surface area contributed by atoms with Gasteiger partial charge in [-0.15, -0.1) is 0 Å². The Morgan fingerprint density at radius 2 is 2.50 bits per heavy atom. The highest BCUT2D eigenvalue weighted by Gasteiger charge is 2.13. The summed E-state index contributed by atoms with van der Waals surface area (Å²) in [7, 11) is 0. The van der Waals surface area contributed by atoms with Crippen LogP contribution in [0.4, 0.5) is 4.79 Å². The van der Waals surface area contributed by atoms with Crippen molar-refractivity contribution >= 4 is 6.03 Å². The minimum absolute atomic E-state index is 0.0498. The van der Waals surface area contributed by atoms with Crippen molar-refractivity contribution in [3.63, 3.8) is 0 Å². The van der Waals surface area contributed by atoms with Crippen LogP contribution in [0.5, 0.6) is 0 Å². The third-order valence-electron chi connectivity index (χ3n) is 1.97. The smallest absolute Gasteiger partial charge is 0.315 e. The molecule has 4 heteroatoms. The average Bonchev–Trinajstić information content (AvgIpc) is 2.06. The second kappa shape index (κ2) is 4.98. The summed E-state index contributed by atoms with van der Waals surface area (Å²) in [4.78, 5) is 11.1. The van der Waals surface area contributed by atoms with Gasteiger partial charge in [-0.1, -0.05) is 0 Å². The highest BCUT2D eigenvalue weighted by Crippen LogP contribution is 2.00. The summed E-state index contributed by atoms with van der Waals surface area (Å²) in [5, 5.41) is 8.86. The first-order chi connectivity index (χ1) is 5.83. The van der Waals surface area contributed by atoms with Crippen molar-refractivity contribution in [3.8, 4) is 0 Å². The first kappa shape index (κ1) is 9.32. The maximum absolute atomic E-state index is 11.1. The molecule has 0 aliphatic carbocycles. The van der Waals surface area contributed by atoms with Crippen LogP contribution in [-0.4, -0.2) is 31.7 Å². The third-order valence-corrected chi connectivity index (χ3v) is 1.97. The van der Waals surface area contributed by atoms with Crippen LogP contribution in [-0.2, 0) is 0 Å². The van der Waals surface area contributed by atoms with Crippen LogP contribution in [0.25, 0.3) is 0 Å². The molecule has 12 heavy (non-hydrogen) atoms. The number of amides is 2. The second-order valence-electron chi connectivity index (χ2n) is 3.05. The highest BCUT2D eigenvalue weighted by atomic mass is 16.2. The summed E-state index contributed by atoms with van der Waals surface area (Å²) in [6.45, 7) is 4.58. The van der Waals surface area contributed by atoms with Crippen molar-refractivity contribution in [2.24, 2.45) is 0 Å². The van der Waals surface area contributed by atoms with Gasteiger partial charge in [0.25, 0.3) is 0 Å². The molecule has 1 atom stereocenters. The van der Waals surface area contributed by atoms with E-state index in [1.165, 1.54) is 0 Å². The maximum Gasteiger partial charge on any atom is 0.315 e. The molecule has 1 fully saturated rings. The number of nitrogens with one attached hydrogen (secondary N) is 3. The van der Waals surface area contributed by atoms with Gasteiger partial charge in [0.15, 0.2) is 0 Å². The molecule has 0 saturated carbocycles. The molecule has 2 amide bonds. The van der Waals surface area contributed by atoms with Gasteiger partial charge in [0, 0.05) is 19.1 Å². The number of hydrogen-bond acceptors (Lipinski definition) is 2. The molecular weight excluding hydrogens is 154 g/mol. The van der Waals surface area contributed by atoms with Crippen molar-refractivity contribution in [1.82, 2.24) is 16.0 Å². The lowest BCUT2D eigenvalue weighted by molar-refractivity contribution is 0.234. The normalized spacial score (nSPS) is 23.2. The van der Waals surface area contributed by atoms with E-state index in [4.69, 9.17) is 0 Å². The lowest BCUT2D eigenvalue weighted by atomic mass is 10.1. The van der Waals surface area contributed by atoms with E-state index in [0.717, 1.165) is 25.9 Å². The lowest BCUT2D eigenvalue weighted by Crippen LogP contribution is -2.49. The van der Waals surface area contributed by atoms with Crippen LogP contribution in [0, 0.1) is 0 Å². The summed E-state index contributed by atoms with van der Waals surface area (Å²) in [6.07, 6.45) is 2.24. The largest absolute Gasteiger partial charge is 0.338 e. The fourth-order valence-electron chi connectivity index (χ4n) is 1.37. The SMILES string of the molecule is CCNC(=O)NC1CCCNC1. The Morgan fingerprint density at radius 3 is 3.08 bits per heavy atom. The van der Waals surface area contributed by atoms with Crippen LogP contribution in [0.3, 0.4) is 0 Å². The summed E-state index contributed by atoms with van der Waals surface area (Å²) < 4.78 is 0. The fraction of sp³-hybridized carbons (Fsp3) is 0.875. The van der Waals surface area contributed by atoms with Crippen LogP contribution >= 0.6 is 0 Å². The zero-order valence-electron chi connectivity index (χ0n) is 7.52. The molecule has 1 aliphatic heterocycles. The van der Waals surface area contributed by atoms with E-state index in [-0.39, 0.29) is 6.03 Å². The van der Waals surface area contributed by atoms with Crippen LogP contribution in [0.15, 0.2) is 0 Å². The molecule has 0 aromatic heterocycles. The zero-order valence-corrected chi connectivity index (χ0v) is 7.52. The molecule has 0 aromatic rings. The van der Waals surface area contributed by atoms with Gasteiger partial charge < -0.3 is 16.0 Å². The molecule has 1 heterocycles. The first-order valence-electron chi connectivity index (χ1n) is 4.58. The van der Waals surface area contributed by atoms with Crippen molar-refractivity contribution < 1.29 is 4.79 Å². The van der Waals surface area contributed by atoms with E-state index in [9.17, 15) is 4.79 Å². The number of carbonyl (C=O) groups excluding carboxylic acids is 1. The van der Waals surface area contributed by atoms with Gasteiger partial charge in [0.05, 0.1) is 0 Å². The van der Waals surface area contributed by atoms with E-state index in [0.29, 0.717) is 12.6 Å². The molecule has 0 aromatic carbocycles. The van der Waals surface area contributed by atoms with Crippen LogP contribution < -0.4 is 16.0 Å². The molecule has 1 saturated heterocycles. The van der Waals surface area contributed by atoms with Gasteiger partial charge in [0.2, 0.25) is 0 Å². The van der Waals surface area contributed by atoms with Crippen molar-refractivity contribution in [2.75, 3.05) is 19.6 Å². The summed E-state index contributed by atoms with van der Waals surface area (Å²) in [5.74, 6) is 0. The quantitative estimate of drug-likeness (QED) is 0.550. The summed E-state index contributed by atoms with van der Waals surface area (Å²) >= 11 is 0. The monoisotopic (exact) mass is 171 g/mol. The molecular formula is C8H17N3O. The van der Waals surface area contributed by atoms with E-state index < -0.39 is 0 Å². The molecule has 3 N–H and O–H groups in total. The van der Waals surface area contributed by atoms with Crippen molar-refractivity contribution in [1.29, 1.82) is 0 Å². The summed E-state index contributed by atoms with van der Waals surface area (Å²) in [5.41, 5.74) is 0. The van der Waals surface area contributed by atoms with E-state index in [1.54, 1.807) is 0 Å². The molecule has 1 unspecified atom stereocenters. The van der Waals surface area contributed by atoms with Crippen molar-refractivity contribution in [2.45, 2.75) is 25.8 Å². The minimum atomic E-state index is -0.0498. The van der Waals surface area contributed by atoms with Gasteiger partial charge in [0.1, 0.15) is 0 Å². The predicted octanol–water partition coefficient (Wildman–Crippen LogP) is 0.0575. The molecule has 70 valence electrons. The summed E-state index contributed by atoms with van der Waals surface area (Å²) in [6, 6.07) is 0.261. The maximum atomic E-state index is 11.1. The highest BCUT2D eigenvalue weighted by molar-refractivity contribution is 5.74. The number of urea groups is 1. The van der Waals surface area contributed by atoms with Crippen molar-refractivity contribution in [3.05, 3.63) is 0 Å². The molecule has 0 bridgehead atoms. The Kier molecular flexibility index (Phi) is 3.87. The number of piperidine rings is 1. The van der Waals surface area contributed by atoms with Crippen LogP contribution in [0.1, 0.15) is 19.8 Å². The van der Waals surface area contributed by atoms with E-state index in [2.05, 4.69) is 16.0 Å². The Bertz CT molecular complexity index is 143. The number of carbonyl (C=O) groups is 1. The van der Waals surface area contributed by atoms with Gasteiger partial charge in [-0.05, 0) is 26.3 Å². The standard InChI is InChI=1S/C8H17N3O/c1-2-10-8(12)11-7-4-3-5-9-6-7/h7,9H,2-6H2,1H3,(H2,10,11,12). The topological polar surface area (TPSA) is 53.2 Å².